The summed E-state index contributed by atoms with van der Waals surface area (Å²) >= 11 is 1.63. The predicted octanol–water partition coefficient (Wildman–Crippen LogP) is 2.99. The quantitative estimate of drug-likeness (QED) is 0.777. The Hall–Kier alpha value is -0.710. The summed E-state index contributed by atoms with van der Waals surface area (Å²) in [6, 6.07) is 4.04. The Morgan fingerprint density at radius 2 is 2.32 bits per heavy atom. The van der Waals surface area contributed by atoms with Gasteiger partial charge in [0.05, 0.1) is 17.5 Å². The Balaban J connectivity index is 1.93. The maximum atomic E-state index is 12.3. The lowest BCUT2D eigenvalue weighted by atomic mass is 10.2. The van der Waals surface area contributed by atoms with Crippen LogP contribution in [0.2, 0.25) is 0 Å². The zero-order valence-corrected chi connectivity index (χ0v) is 12.7. The highest BCUT2D eigenvalue weighted by Gasteiger charge is 2.20. The molecule has 0 aliphatic carbocycles. The molecule has 3 nitrogen and oxygen atoms in total. The third kappa shape index (κ3) is 4.13. The molecule has 0 amide bonds. The fourth-order valence-corrected chi connectivity index (χ4v) is 3.24. The number of carbonyl (C=O) groups excluding carboxylic acids is 1. The first-order valence-corrected chi connectivity index (χ1v) is 8.00. The fourth-order valence-electron chi connectivity index (χ4n) is 2.36. The highest BCUT2D eigenvalue weighted by Crippen LogP contribution is 2.18. The van der Waals surface area contributed by atoms with Crippen molar-refractivity contribution in [2.45, 2.75) is 39.2 Å². The van der Waals surface area contributed by atoms with Crippen LogP contribution in [0.25, 0.3) is 0 Å². The van der Waals surface area contributed by atoms with Gasteiger partial charge in [-0.05, 0) is 31.4 Å². The number of ether oxygens (including phenoxy) is 1. The molecule has 1 fully saturated rings. The van der Waals surface area contributed by atoms with E-state index in [2.05, 4.69) is 24.8 Å². The summed E-state index contributed by atoms with van der Waals surface area (Å²) < 4.78 is 5.74. The molecule has 0 spiro atoms. The Kier molecular flexibility index (Phi) is 5.55. The monoisotopic (exact) mass is 281 g/mol. The zero-order valence-electron chi connectivity index (χ0n) is 11.9. The van der Waals surface area contributed by atoms with Crippen LogP contribution in [0.1, 0.15) is 41.2 Å². The first-order valence-electron chi connectivity index (χ1n) is 7.18. The molecule has 2 rings (SSSR count). The van der Waals surface area contributed by atoms with Crippen LogP contribution in [-0.4, -0.2) is 43.0 Å². The Morgan fingerprint density at radius 1 is 1.47 bits per heavy atom. The van der Waals surface area contributed by atoms with Crippen molar-refractivity contribution in [2.75, 3.05) is 26.2 Å². The molecule has 1 unspecified atom stereocenters. The number of hydrogen-bond donors (Lipinski definition) is 0. The van der Waals surface area contributed by atoms with Gasteiger partial charge in [0.1, 0.15) is 0 Å². The molecule has 1 aromatic heterocycles. The van der Waals surface area contributed by atoms with E-state index < -0.39 is 0 Å². The molecular weight excluding hydrogens is 258 g/mol. The molecule has 0 saturated carbocycles. The molecule has 4 heteroatoms. The molecule has 1 aromatic rings. The number of carbonyl (C=O) groups is 1. The summed E-state index contributed by atoms with van der Waals surface area (Å²) in [6.07, 6.45) is 3.33. The van der Waals surface area contributed by atoms with Crippen LogP contribution in [0.5, 0.6) is 0 Å². The van der Waals surface area contributed by atoms with Crippen molar-refractivity contribution in [3.05, 3.63) is 21.9 Å². The van der Waals surface area contributed by atoms with Crippen molar-refractivity contribution in [2.24, 2.45) is 0 Å². The SMILES string of the molecule is CCc1ccc(C(=O)CN2CCCOC(CC)C2)s1. The van der Waals surface area contributed by atoms with E-state index in [1.165, 1.54) is 4.88 Å². The van der Waals surface area contributed by atoms with Crippen molar-refractivity contribution in [1.82, 2.24) is 4.90 Å². The van der Waals surface area contributed by atoms with Crippen LogP contribution in [0.15, 0.2) is 12.1 Å². The third-order valence-electron chi connectivity index (χ3n) is 3.54. The number of rotatable bonds is 5. The molecule has 1 atom stereocenters. The molecular formula is C15H23NO2S. The van der Waals surface area contributed by atoms with E-state index in [9.17, 15) is 4.79 Å². The topological polar surface area (TPSA) is 29.5 Å². The van der Waals surface area contributed by atoms with E-state index in [-0.39, 0.29) is 11.9 Å². The number of Topliss-reactive ketones (excluding diaryl/α,β-unsaturated/α-hetero) is 1. The van der Waals surface area contributed by atoms with Crippen LogP contribution in [0.4, 0.5) is 0 Å². The molecule has 0 aromatic carbocycles. The lowest BCUT2D eigenvalue weighted by molar-refractivity contribution is 0.0512. The van der Waals surface area contributed by atoms with Crippen LogP contribution in [-0.2, 0) is 11.2 Å². The molecule has 1 aliphatic heterocycles. The highest BCUT2D eigenvalue weighted by molar-refractivity contribution is 7.14. The van der Waals surface area contributed by atoms with Crippen LogP contribution in [0, 0.1) is 0 Å². The number of hydrogen-bond acceptors (Lipinski definition) is 4. The van der Waals surface area contributed by atoms with E-state index in [1.807, 2.05) is 6.07 Å². The second-order valence-corrected chi connectivity index (χ2v) is 6.20. The number of nitrogens with zero attached hydrogens (tertiary/aromatic N) is 1. The molecule has 2 heterocycles. The van der Waals surface area contributed by atoms with Gasteiger partial charge in [0.15, 0.2) is 5.78 Å². The van der Waals surface area contributed by atoms with Crippen LogP contribution in [0.3, 0.4) is 0 Å². The largest absolute Gasteiger partial charge is 0.377 e. The van der Waals surface area contributed by atoms with Gasteiger partial charge in [0.2, 0.25) is 0 Å². The Labute approximate surface area is 119 Å². The fraction of sp³-hybridized carbons (Fsp3) is 0.667. The van der Waals surface area contributed by atoms with Crippen LogP contribution >= 0.6 is 11.3 Å². The van der Waals surface area contributed by atoms with Crippen molar-refractivity contribution < 1.29 is 9.53 Å². The van der Waals surface area contributed by atoms with Gasteiger partial charge < -0.3 is 4.74 Å². The maximum Gasteiger partial charge on any atom is 0.186 e. The molecule has 0 bridgehead atoms. The Morgan fingerprint density at radius 3 is 3.00 bits per heavy atom. The van der Waals surface area contributed by atoms with E-state index in [0.717, 1.165) is 43.8 Å². The minimum Gasteiger partial charge on any atom is -0.377 e. The molecule has 19 heavy (non-hydrogen) atoms. The van der Waals surface area contributed by atoms with Gasteiger partial charge >= 0.3 is 0 Å². The van der Waals surface area contributed by atoms with Gasteiger partial charge in [-0.25, -0.2) is 0 Å². The molecule has 0 N–H and O–H groups in total. The van der Waals surface area contributed by atoms with Crippen molar-refractivity contribution in [3.8, 4) is 0 Å². The van der Waals surface area contributed by atoms with Gasteiger partial charge in [0.25, 0.3) is 0 Å². The van der Waals surface area contributed by atoms with Gasteiger partial charge in [-0.1, -0.05) is 13.8 Å². The summed E-state index contributed by atoms with van der Waals surface area (Å²) in [4.78, 5) is 16.7. The first-order chi connectivity index (χ1) is 9.22. The lowest BCUT2D eigenvalue weighted by Crippen LogP contribution is -2.35. The number of ketones is 1. The summed E-state index contributed by atoms with van der Waals surface area (Å²) in [6.45, 7) is 7.47. The van der Waals surface area contributed by atoms with Gasteiger partial charge in [-0.15, -0.1) is 11.3 Å². The molecule has 1 saturated heterocycles. The normalized spacial score (nSPS) is 21.3. The summed E-state index contributed by atoms with van der Waals surface area (Å²) in [5.74, 6) is 0.251. The summed E-state index contributed by atoms with van der Waals surface area (Å²) in [5.41, 5.74) is 0. The first kappa shape index (κ1) is 14.7. The average Bonchev–Trinajstić information content (AvgIpc) is 2.80. The number of thiophene rings is 1. The van der Waals surface area contributed by atoms with Gasteiger partial charge in [0, 0.05) is 24.6 Å². The van der Waals surface area contributed by atoms with Crippen LogP contribution < -0.4 is 0 Å². The van der Waals surface area contributed by atoms with E-state index in [0.29, 0.717) is 6.54 Å². The molecule has 1 aliphatic rings. The van der Waals surface area contributed by atoms with Gasteiger partial charge in [-0.3, -0.25) is 9.69 Å². The summed E-state index contributed by atoms with van der Waals surface area (Å²) in [7, 11) is 0. The average molecular weight is 281 g/mol. The summed E-state index contributed by atoms with van der Waals surface area (Å²) in [5, 5.41) is 0. The van der Waals surface area contributed by atoms with Crippen molar-refractivity contribution in [1.29, 1.82) is 0 Å². The standard InChI is InChI=1S/C15H23NO2S/c1-3-12-10-16(8-5-9-18-12)11-14(17)15-7-6-13(4-2)19-15/h6-7,12H,3-5,8-11H2,1-2H3. The number of aryl methyl sites for hydroxylation is 1. The highest BCUT2D eigenvalue weighted by atomic mass is 32.1. The predicted molar refractivity (Wildman–Crippen MR) is 79.1 cm³/mol. The van der Waals surface area contributed by atoms with Gasteiger partial charge in [-0.2, -0.15) is 0 Å². The second kappa shape index (κ2) is 7.17. The zero-order chi connectivity index (χ0) is 13.7. The smallest absolute Gasteiger partial charge is 0.186 e. The van der Waals surface area contributed by atoms with E-state index in [4.69, 9.17) is 4.74 Å². The van der Waals surface area contributed by atoms with E-state index >= 15 is 0 Å². The maximum absolute atomic E-state index is 12.3. The third-order valence-corrected chi connectivity index (χ3v) is 4.81. The lowest BCUT2D eigenvalue weighted by Gasteiger charge is -2.21. The molecule has 106 valence electrons. The van der Waals surface area contributed by atoms with Crippen molar-refractivity contribution in [3.63, 3.8) is 0 Å². The van der Waals surface area contributed by atoms with E-state index in [1.54, 1.807) is 11.3 Å². The van der Waals surface area contributed by atoms with Crippen molar-refractivity contribution >= 4 is 17.1 Å². The molecule has 0 radical (unpaired) electrons. The minimum absolute atomic E-state index is 0.251. The minimum atomic E-state index is 0.251. The second-order valence-electron chi connectivity index (χ2n) is 5.03. The Bertz CT molecular complexity index is 416.